The molecule has 0 aliphatic carbocycles. The predicted octanol–water partition coefficient (Wildman–Crippen LogP) is 4.46. The zero-order valence-electron chi connectivity index (χ0n) is 8.90. The van der Waals surface area contributed by atoms with Gasteiger partial charge in [0.05, 0.1) is 10.0 Å². The lowest BCUT2D eigenvalue weighted by Gasteiger charge is -2.03. The Morgan fingerprint density at radius 2 is 1.71 bits per heavy atom. The first-order valence-electron chi connectivity index (χ1n) is 5.08. The molecule has 2 aromatic rings. The smallest absolute Gasteiger partial charge is 0.139 e. The number of halogens is 2. The van der Waals surface area contributed by atoms with E-state index in [1.54, 1.807) is 12.2 Å². The molecule has 0 saturated carbocycles. The molecule has 0 spiro atoms. The molecule has 2 aromatic carbocycles. The van der Waals surface area contributed by atoms with Gasteiger partial charge in [0.15, 0.2) is 0 Å². The molecule has 0 bridgehead atoms. The van der Waals surface area contributed by atoms with E-state index >= 15 is 0 Å². The molecule has 0 aromatic heterocycles. The third kappa shape index (κ3) is 2.74. The highest BCUT2D eigenvalue weighted by atomic mass is 79.9. The van der Waals surface area contributed by atoms with Gasteiger partial charge >= 0.3 is 0 Å². The summed E-state index contributed by atoms with van der Waals surface area (Å²) in [6, 6.07) is 12.3. The van der Waals surface area contributed by atoms with E-state index in [0.29, 0.717) is 4.47 Å². The molecule has 17 heavy (non-hydrogen) atoms. The monoisotopic (exact) mass is 292 g/mol. The third-order valence-electron chi connectivity index (χ3n) is 2.36. The largest absolute Gasteiger partial charge is 0.506 e. The maximum atomic E-state index is 13.5. The molecule has 0 saturated heterocycles. The van der Waals surface area contributed by atoms with Crippen LogP contribution in [0.15, 0.2) is 46.9 Å². The molecule has 0 atom stereocenters. The van der Waals surface area contributed by atoms with Crippen molar-refractivity contribution in [2.75, 3.05) is 0 Å². The van der Waals surface area contributed by atoms with Gasteiger partial charge in [0, 0.05) is 0 Å². The quantitative estimate of drug-likeness (QED) is 0.810. The van der Waals surface area contributed by atoms with Gasteiger partial charge in [0.2, 0.25) is 0 Å². The van der Waals surface area contributed by atoms with E-state index in [1.807, 2.05) is 30.3 Å². The van der Waals surface area contributed by atoms with E-state index in [0.717, 1.165) is 5.56 Å². The van der Waals surface area contributed by atoms with Crippen molar-refractivity contribution in [1.82, 2.24) is 0 Å². The molecule has 0 radical (unpaired) electrons. The summed E-state index contributed by atoms with van der Waals surface area (Å²) >= 11 is 3.16. The fourth-order valence-corrected chi connectivity index (χ4v) is 1.80. The summed E-state index contributed by atoms with van der Waals surface area (Å²) in [4.78, 5) is 0. The van der Waals surface area contributed by atoms with Crippen molar-refractivity contribution in [3.8, 4) is 5.75 Å². The molecule has 0 heterocycles. The normalized spacial score (nSPS) is 10.9. The SMILES string of the molecule is Oc1c(Br)ccc(F)c1C=Cc1ccccc1. The lowest BCUT2D eigenvalue weighted by Crippen LogP contribution is -1.84. The molecular weight excluding hydrogens is 283 g/mol. The fraction of sp³-hybridized carbons (Fsp3) is 0. The van der Waals surface area contributed by atoms with E-state index in [9.17, 15) is 9.50 Å². The summed E-state index contributed by atoms with van der Waals surface area (Å²) in [6.45, 7) is 0. The van der Waals surface area contributed by atoms with Crippen LogP contribution in [0.3, 0.4) is 0 Å². The van der Waals surface area contributed by atoms with E-state index in [2.05, 4.69) is 15.9 Å². The van der Waals surface area contributed by atoms with Gasteiger partial charge in [0.1, 0.15) is 11.6 Å². The Bertz CT molecular complexity index is 550. The Balaban J connectivity index is 2.37. The van der Waals surface area contributed by atoms with E-state index < -0.39 is 5.82 Å². The van der Waals surface area contributed by atoms with Gasteiger partial charge in [-0.15, -0.1) is 0 Å². The Morgan fingerprint density at radius 3 is 2.41 bits per heavy atom. The summed E-state index contributed by atoms with van der Waals surface area (Å²) in [5.41, 5.74) is 1.13. The van der Waals surface area contributed by atoms with Gasteiger partial charge in [-0.25, -0.2) is 4.39 Å². The van der Waals surface area contributed by atoms with Gasteiger partial charge < -0.3 is 5.11 Å². The summed E-state index contributed by atoms with van der Waals surface area (Å²) in [5.74, 6) is -0.532. The fourth-order valence-electron chi connectivity index (χ4n) is 1.46. The molecular formula is C14H10BrFO. The lowest BCUT2D eigenvalue weighted by molar-refractivity contribution is 0.464. The van der Waals surface area contributed by atoms with Gasteiger partial charge in [-0.1, -0.05) is 36.4 Å². The average Bonchev–Trinajstić information content (AvgIpc) is 2.35. The summed E-state index contributed by atoms with van der Waals surface area (Å²) in [5, 5.41) is 9.72. The molecule has 0 aliphatic heterocycles. The molecule has 1 nitrogen and oxygen atoms in total. The summed E-state index contributed by atoms with van der Waals surface area (Å²) < 4.78 is 14.0. The predicted molar refractivity (Wildman–Crippen MR) is 71.1 cm³/mol. The molecule has 0 aliphatic rings. The second-order valence-electron chi connectivity index (χ2n) is 3.54. The highest BCUT2D eigenvalue weighted by Gasteiger charge is 2.07. The molecule has 0 amide bonds. The third-order valence-corrected chi connectivity index (χ3v) is 3.00. The summed E-state index contributed by atoms with van der Waals surface area (Å²) in [7, 11) is 0. The maximum Gasteiger partial charge on any atom is 0.139 e. The van der Waals surface area contributed by atoms with Crippen LogP contribution in [0.1, 0.15) is 11.1 Å². The lowest BCUT2D eigenvalue weighted by atomic mass is 10.1. The summed E-state index contributed by atoms with van der Waals surface area (Å²) in [6.07, 6.45) is 3.31. The number of benzene rings is 2. The minimum atomic E-state index is -0.446. The zero-order valence-corrected chi connectivity index (χ0v) is 10.5. The van der Waals surface area contributed by atoms with Crippen molar-refractivity contribution >= 4 is 28.1 Å². The topological polar surface area (TPSA) is 20.2 Å². The Kier molecular flexibility index (Phi) is 3.59. The standard InChI is InChI=1S/C14H10BrFO/c15-12-8-9-13(16)11(14(12)17)7-6-10-4-2-1-3-5-10/h1-9,17H. The molecule has 86 valence electrons. The van der Waals surface area contributed by atoms with Crippen molar-refractivity contribution in [2.45, 2.75) is 0 Å². The van der Waals surface area contributed by atoms with Crippen LogP contribution in [0, 0.1) is 5.82 Å². The van der Waals surface area contributed by atoms with Crippen LogP contribution < -0.4 is 0 Å². The zero-order chi connectivity index (χ0) is 12.3. The van der Waals surface area contributed by atoms with Crippen LogP contribution in [0.4, 0.5) is 4.39 Å². The van der Waals surface area contributed by atoms with Crippen LogP contribution in [0.2, 0.25) is 0 Å². The number of phenolic OH excluding ortho intramolecular Hbond substituents is 1. The minimum absolute atomic E-state index is 0.0859. The number of hydrogen-bond acceptors (Lipinski definition) is 1. The Labute approximate surface area is 107 Å². The highest BCUT2D eigenvalue weighted by molar-refractivity contribution is 9.10. The van der Waals surface area contributed by atoms with Crippen molar-refractivity contribution in [3.05, 3.63) is 63.9 Å². The number of phenols is 1. The van der Waals surface area contributed by atoms with E-state index in [-0.39, 0.29) is 11.3 Å². The second kappa shape index (κ2) is 5.15. The van der Waals surface area contributed by atoms with Gasteiger partial charge in [-0.2, -0.15) is 0 Å². The number of rotatable bonds is 2. The first-order chi connectivity index (χ1) is 8.18. The van der Waals surface area contributed by atoms with Crippen LogP contribution in [-0.2, 0) is 0 Å². The Morgan fingerprint density at radius 1 is 1.00 bits per heavy atom. The molecule has 0 unspecified atom stereocenters. The Hall–Kier alpha value is -1.61. The van der Waals surface area contributed by atoms with Crippen molar-refractivity contribution in [2.24, 2.45) is 0 Å². The van der Waals surface area contributed by atoms with Crippen LogP contribution in [0.5, 0.6) is 5.75 Å². The van der Waals surface area contributed by atoms with Crippen LogP contribution in [0.25, 0.3) is 12.2 Å². The molecule has 2 rings (SSSR count). The van der Waals surface area contributed by atoms with Gasteiger partial charge in [-0.3, -0.25) is 0 Å². The first kappa shape index (κ1) is 11.9. The van der Waals surface area contributed by atoms with Crippen molar-refractivity contribution in [1.29, 1.82) is 0 Å². The van der Waals surface area contributed by atoms with Gasteiger partial charge in [-0.05, 0) is 39.7 Å². The first-order valence-corrected chi connectivity index (χ1v) is 5.88. The molecule has 3 heteroatoms. The van der Waals surface area contributed by atoms with E-state index in [4.69, 9.17) is 0 Å². The van der Waals surface area contributed by atoms with E-state index in [1.165, 1.54) is 12.1 Å². The second-order valence-corrected chi connectivity index (χ2v) is 4.39. The highest BCUT2D eigenvalue weighted by Crippen LogP contribution is 2.31. The number of hydrogen-bond donors (Lipinski definition) is 1. The molecule has 0 fully saturated rings. The van der Waals surface area contributed by atoms with Gasteiger partial charge in [0.25, 0.3) is 0 Å². The van der Waals surface area contributed by atoms with Crippen molar-refractivity contribution in [3.63, 3.8) is 0 Å². The molecule has 1 N–H and O–H groups in total. The van der Waals surface area contributed by atoms with Crippen molar-refractivity contribution < 1.29 is 9.50 Å². The van der Waals surface area contributed by atoms with Crippen LogP contribution >= 0.6 is 15.9 Å². The number of aromatic hydroxyl groups is 1. The average molecular weight is 293 g/mol. The van der Waals surface area contributed by atoms with Crippen LogP contribution in [-0.4, -0.2) is 5.11 Å². The minimum Gasteiger partial charge on any atom is -0.506 e. The maximum absolute atomic E-state index is 13.5.